The van der Waals surface area contributed by atoms with Crippen LogP contribution in [0.1, 0.15) is 6.42 Å². The number of rotatable bonds is 5. The molecule has 8 nitrogen and oxygen atoms in total. The highest BCUT2D eigenvalue weighted by atomic mass is 16.2. The molecule has 0 aliphatic rings. The van der Waals surface area contributed by atoms with Crippen LogP contribution >= 0.6 is 0 Å². The first-order valence-electron chi connectivity index (χ1n) is 5.86. The number of carbonyl (C=O) groups excluding carboxylic acids is 3. The summed E-state index contributed by atoms with van der Waals surface area (Å²) in [7, 11) is 1.50. The lowest BCUT2D eigenvalue weighted by Crippen LogP contribution is -2.38. The van der Waals surface area contributed by atoms with E-state index in [0.29, 0.717) is 11.4 Å². The number of nitrogens with one attached hydrogen (secondary N) is 3. The topological polar surface area (TPSA) is 139 Å². The van der Waals surface area contributed by atoms with Crippen LogP contribution in [0, 0.1) is 0 Å². The van der Waals surface area contributed by atoms with Gasteiger partial charge in [-0.15, -0.1) is 0 Å². The van der Waals surface area contributed by atoms with Crippen LogP contribution in [-0.4, -0.2) is 30.9 Å². The summed E-state index contributed by atoms with van der Waals surface area (Å²) < 4.78 is 0. The minimum Gasteiger partial charge on any atom is -0.370 e. The fraction of sp³-hybridized carbons (Fsp3) is 0.250. The number of carbonyl (C=O) groups is 3. The van der Waals surface area contributed by atoms with Crippen molar-refractivity contribution in [3.8, 4) is 0 Å². The first-order chi connectivity index (χ1) is 9.42. The van der Waals surface area contributed by atoms with E-state index in [1.54, 1.807) is 24.3 Å². The van der Waals surface area contributed by atoms with Crippen LogP contribution in [0.4, 0.5) is 16.2 Å². The third-order valence-electron chi connectivity index (χ3n) is 2.40. The van der Waals surface area contributed by atoms with Gasteiger partial charge in [-0.05, 0) is 24.3 Å². The molecule has 0 aromatic heterocycles. The molecule has 0 saturated heterocycles. The van der Waals surface area contributed by atoms with Gasteiger partial charge in [0.25, 0.3) is 0 Å². The number of amides is 4. The normalized spacial score (nSPS) is 11.3. The van der Waals surface area contributed by atoms with Crippen molar-refractivity contribution in [2.24, 2.45) is 11.5 Å². The van der Waals surface area contributed by atoms with Crippen molar-refractivity contribution in [1.29, 1.82) is 0 Å². The Morgan fingerprint density at radius 1 is 1.10 bits per heavy atom. The molecule has 0 aliphatic heterocycles. The molecule has 108 valence electrons. The van der Waals surface area contributed by atoms with Crippen molar-refractivity contribution >= 4 is 29.2 Å². The van der Waals surface area contributed by atoms with E-state index < -0.39 is 17.9 Å². The van der Waals surface area contributed by atoms with Gasteiger partial charge in [-0.1, -0.05) is 0 Å². The Labute approximate surface area is 115 Å². The van der Waals surface area contributed by atoms with E-state index >= 15 is 0 Å². The summed E-state index contributed by atoms with van der Waals surface area (Å²) in [5.41, 5.74) is 11.5. The molecule has 0 aliphatic carbocycles. The third kappa shape index (κ3) is 4.94. The van der Waals surface area contributed by atoms with Crippen molar-refractivity contribution in [3.05, 3.63) is 24.3 Å². The number of hydrogen-bond acceptors (Lipinski definition) is 4. The van der Waals surface area contributed by atoms with Gasteiger partial charge in [-0.2, -0.15) is 0 Å². The van der Waals surface area contributed by atoms with Gasteiger partial charge < -0.3 is 27.4 Å². The van der Waals surface area contributed by atoms with Crippen LogP contribution < -0.4 is 27.4 Å². The minimum atomic E-state index is -0.990. The van der Waals surface area contributed by atoms with Gasteiger partial charge in [0.15, 0.2) is 0 Å². The Morgan fingerprint density at radius 3 is 2.05 bits per heavy atom. The molecule has 8 heteroatoms. The van der Waals surface area contributed by atoms with Gasteiger partial charge in [-0.25, -0.2) is 4.79 Å². The highest BCUT2D eigenvalue weighted by Gasteiger charge is 2.15. The third-order valence-corrected chi connectivity index (χ3v) is 2.40. The highest BCUT2D eigenvalue weighted by molar-refractivity contribution is 5.97. The lowest BCUT2D eigenvalue weighted by Gasteiger charge is -2.11. The minimum absolute atomic E-state index is 0.220. The quantitative estimate of drug-likeness (QED) is 0.499. The summed E-state index contributed by atoms with van der Waals surface area (Å²) in [6.07, 6.45) is -0.220. The number of anilines is 2. The molecule has 7 N–H and O–H groups in total. The maximum atomic E-state index is 11.6. The van der Waals surface area contributed by atoms with Gasteiger partial charge in [0.05, 0.1) is 12.5 Å². The number of hydrogen-bond donors (Lipinski definition) is 5. The van der Waals surface area contributed by atoms with E-state index in [2.05, 4.69) is 16.0 Å². The van der Waals surface area contributed by atoms with Gasteiger partial charge in [0, 0.05) is 18.4 Å². The summed E-state index contributed by atoms with van der Waals surface area (Å²) in [6, 6.07) is 5.09. The van der Waals surface area contributed by atoms with Crippen LogP contribution in [0.3, 0.4) is 0 Å². The molecule has 0 spiro atoms. The van der Waals surface area contributed by atoms with Crippen LogP contribution in [0.15, 0.2) is 24.3 Å². The van der Waals surface area contributed by atoms with E-state index in [-0.39, 0.29) is 12.5 Å². The van der Waals surface area contributed by atoms with Crippen LogP contribution in [-0.2, 0) is 9.59 Å². The Hall–Kier alpha value is -2.61. The molecule has 0 saturated carbocycles. The lowest BCUT2D eigenvalue weighted by atomic mass is 10.2. The molecule has 1 aromatic carbocycles. The average Bonchev–Trinajstić information content (AvgIpc) is 2.40. The van der Waals surface area contributed by atoms with Crippen molar-refractivity contribution in [2.45, 2.75) is 12.5 Å². The van der Waals surface area contributed by atoms with Crippen molar-refractivity contribution in [2.75, 3.05) is 17.7 Å². The maximum absolute atomic E-state index is 11.6. The molecule has 0 bridgehead atoms. The summed E-state index contributed by atoms with van der Waals surface area (Å²) in [6.45, 7) is 0. The fourth-order valence-electron chi connectivity index (χ4n) is 1.37. The molecule has 1 unspecified atom stereocenters. The van der Waals surface area contributed by atoms with Crippen molar-refractivity contribution < 1.29 is 14.4 Å². The number of nitrogens with two attached hydrogens (primary N) is 2. The summed E-state index contributed by atoms with van der Waals surface area (Å²) >= 11 is 0. The zero-order valence-electron chi connectivity index (χ0n) is 11.0. The van der Waals surface area contributed by atoms with Crippen LogP contribution in [0.25, 0.3) is 0 Å². The van der Waals surface area contributed by atoms with Gasteiger partial charge >= 0.3 is 6.03 Å². The Morgan fingerprint density at radius 2 is 1.60 bits per heavy atom. The molecule has 1 atom stereocenters. The molecular formula is C12H17N5O3. The maximum Gasteiger partial charge on any atom is 0.318 e. The zero-order valence-corrected chi connectivity index (χ0v) is 11.0. The molecule has 0 radical (unpaired) electrons. The molecular weight excluding hydrogens is 262 g/mol. The molecule has 1 rings (SSSR count). The predicted octanol–water partition coefficient (Wildman–Crippen LogP) is -0.421. The van der Waals surface area contributed by atoms with Crippen LogP contribution in [0.2, 0.25) is 0 Å². The van der Waals surface area contributed by atoms with Crippen molar-refractivity contribution in [3.63, 3.8) is 0 Å². The highest BCUT2D eigenvalue weighted by Crippen LogP contribution is 2.13. The fourth-order valence-corrected chi connectivity index (χ4v) is 1.37. The first-order valence-corrected chi connectivity index (χ1v) is 5.86. The van der Waals surface area contributed by atoms with Crippen molar-refractivity contribution in [1.82, 2.24) is 5.32 Å². The van der Waals surface area contributed by atoms with Gasteiger partial charge in [0.1, 0.15) is 0 Å². The van der Waals surface area contributed by atoms with Gasteiger partial charge in [0.2, 0.25) is 11.8 Å². The number of benzene rings is 1. The van der Waals surface area contributed by atoms with E-state index in [9.17, 15) is 14.4 Å². The largest absolute Gasteiger partial charge is 0.370 e. The smallest absolute Gasteiger partial charge is 0.318 e. The average molecular weight is 279 g/mol. The summed E-state index contributed by atoms with van der Waals surface area (Å²) in [5.74, 6) is -1.14. The van der Waals surface area contributed by atoms with Crippen LogP contribution in [0.5, 0.6) is 0 Å². The molecule has 0 fully saturated rings. The number of urea groups is 1. The standard InChI is InChI=1S/C12H17N5O3/c1-15-12(20)17-8-4-2-7(3-5-8)16-11(19)9(13)6-10(14)18/h2-5,9H,6,13H2,1H3,(H2,14,18)(H,16,19)(H2,15,17,20). The Balaban J connectivity index is 2.59. The second kappa shape index (κ2) is 7.10. The summed E-state index contributed by atoms with van der Waals surface area (Å²) in [5, 5.41) is 7.53. The number of primary amides is 1. The second-order valence-electron chi connectivity index (χ2n) is 4.05. The second-order valence-corrected chi connectivity index (χ2v) is 4.05. The SMILES string of the molecule is CNC(=O)Nc1ccc(NC(=O)C(N)CC(N)=O)cc1. The molecule has 0 heterocycles. The van der Waals surface area contributed by atoms with E-state index in [1.807, 2.05) is 0 Å². The first kappa shape index (κ1) is 15.4. The molecule has 1 aromatic rings. The van der Waals surface area contributed by atoms with E-state index in [1.165, 1.54) is 7.05 Å². The van der Waals surface area contributed by atoms with E-state index in [4.69, 9.17) is 11.5 Å². The Kier molecular flexibility index (Phi) is 5.48. The monoisotopic (exact) mass is 279 g/mol. The molecule has 4 amide bonds. The Bertz CT molecular complexity index is 500. The summed E-state index contributed by atoms with van der Waals surface area (Å²) in [4.78, 5) is 33.4. The predicted molar refractivity (Wildman–Crippen MR) is 74.9 cm³/mol. The zero-order chi connectivity index (χ0) is 15.1. The van der Waals surface area contributed by atoms with Gasteiger partial charge in [-0.3, -0.25) is 9.59 Å². The van der Waals surface area contributed by atoms with E-state index in [0.717, 1.165) is 0 Å². The molecule has 20 heavy (non-hydrogen) atoms. The lowest BCUT2D eigenvalue weighted by molar-refractivity contribution is -0.123.